The van der Waals surface area contributed by atoms with Crippen LogP contribution >= 0.6 is 0 Å². The van der Waals surface area contributed by atoms with E-state index in [1.54, 1.807) is 0 Å². The molecule has 0 amide bonds. The van der Waals surface area contributed by atoms with Crippen molar-refractivity contribution >= 4 is 21.7 Å². The summed E-state index contributed by atoms with van der Waals surface area (Å²) in [5.74, 6) is 0. The molecule has 0 saturated heterocycles. The number of aryl methyl sites for hydroxylation is 1. The van der Waals surface area contributed by atoms with Crippen LogP contribution in [-0.4, -0.2) is 4.57 Å². The maximum atomic E-state index is 2.99. The molecule has 4 heteroatoms. The van der Waals surface area contributed by atoms with E-state index in [0.717, 1.165) is 6.42 Å². The first-order valence-corrected chi connectivity index (χ1v) is 8.27. The number of fused-ring (bicyclic) bond motifs is 2. The fraction of sp³-hybridized carbons (Fsp3) is 0.0870. The predicted molar refractivity (Wildman–Crippen MR) is 103 cm³/mol. The van der Waals surface area contributed by atoms with E-state index < -0.39 is 0 Å². The van der Waals surface area contributed by atoms with Crippen LogP contribution in [0.3, 0.4) is 0 Å². The van der Waals surface area contributed by atoms with Gasteiger partial charge in [0.25, 0.3) is 0 Å². The minimum Gasteiger partial charge on any atom is -1.00 e. The first kappa shape index (κ1) is 23.6. The van der Waals surface area contributed by atoms with Crippen molar-refractivity contribution in [2.75, 3.05) is 0 Å². The average Bonchev–Trinajstić information content (AvgIpc) is 3.34. The quantitative estimate of drug-likeness (QED) is 0.231. The molecule has 0 spiro atoms. The van der Waals surface area contributed by atoms with E-state index in [1.807, 2.05) is 12.2 Å². The summed E-state index contributed by atoms with van der Waals surface area (Å²) in [7, 11) is 0. The molecule has 0 radical (unpaired) electrons. The average molecular weight is 559 g/mol. The van der Waals surface area contributed by atoms with Gasteiger partial charge in [0.15, 0.2) is 0 Å². The molecule has 1 aromatic heterocycles. The normalized spacial score (nSPS) is 11.3. The molecule has 1 aliphatic rings. The molecule has 0 saturated carbocycles. The second kappa shape index (κ2) is 10.8. The topological polar surface area (TPSA) is 4.93 Å². The Labute approximate surface area is 191 Å². The summed E-state index contributed by atoms with van der Waals surface area (Å²) in [4.78, 5) is 0. The van der Waals surface area contributed by atoms with Gasteiger partial charge in [0.1, 0.15) is 0 Å². The number of aromatic nitrogens is 1. The standard InChI is InChI=1S/C18H14N.C5H5.2ClH.Hf/c1-13-10-16-8-4-5-9-18(16)19(13)17-11-14-6-2-3-7-15(14)12-17;1-2-4-5-3-1;;;/h2-12H,1H3;1-3H,4H2;2*1H;/q2*-1;;;+4/p-2. The van der Waals surface area contributed by atoms with Gasteiger partial charge >= 0.3 is 25.8 Å². The van der Waals surface area contributed by atoms with Gasteiger partial charge < -0.3 is 29.4 Å². The van der Waals surface area contributed by atoms with Crippen LogP contribution < -0.4 is 24.8 Å². The Morgan fingerprint density at radius 2 is 1.63 bits per heavy atom. The first-order valence-electron chi connectivity index (χ1n) is 8.27. The third kappa shape index (κ3) is 5.07. The van der Waals surface area contributed by atoms with Crippen LogP contribution in [0.1, 0.15) is 12.1 Å². The molecule has 0 aliphatic heterocycles. The second-order valence-electron chi connectivity index (χ2n) is 6.03. The van der Waals surface area contributed by atoms with Crippen molar-refractivity contribution in [3.05, 3.63) is 96.7 Å². The number of allylic oxidation sites excluding steroid dienone is 4. The van der Waals surface area contributed by atoms with Gasteiger partial charge in [-0.1, -0.05) is 24.3 Å². The maximum absolute atomic E-state index is 2.99. The number of benzene rings is 2. The first-order chi connectivity index (χ1) is 11.8. The van der Waals surface area contributed by atoms with E-state index in [1.165, 1.54) is 33.1 Å². The number of nitrogens with zero attached hydrogens (tertiary/aromatic N) is 1. The second-order valence-corrected chi connectivity index (χ2v) is 6.03. The summed E-state index contributed by atoms with van der Waals surface area (Å²) in [5.41, 5.74) is 3.80. The maximum Gasteiger partial charge on any atom is 4.00 e. The molecule has 0 N–H and O–H groups in total. The number of hydrogen-bond donors (Lipinski definition) is 0. The zero-order valence-corrected chi connectivity index (χ0v) is 20.1. The minimum atomic E-state index is 0. The van der Waals surface area contributed by atoms with E-state index in [-0.39, 0.29) is 50.7 Å². The van der Waals surface area contributed by atoms with Gasteiger partial charge in [0.05, 0.1) is 5.52 Å². The monoisotopic (exact) mass is 559 g/mol. The number of halogens is 2. The Morgan fingerprint density at radius 3 is 2.26 bits per heavy atom. The Morgan fingerprint density at radius 1 is 0.926 bits per heavy atom. The van der Waals surface area contributed by atoms with Gasteiger partial charge in [0.2, 0.25) is 0 Å². The molecule has 0 atom stereocenters. The molecule has 0 fully saturated rings. The van der Waals surface area contributed by atoms with Gasteiger partial charge in [-0.3, -0.25) is 6.08 Å². The number of para-hydroxylation sites is 1. The third-order valence-electron chi connectivity index (χ3n) is 4.34. The van der Waals surface area contributed by atoms with Gasteiger partial charge in [-0.15, -0.1) is 47.5 Å². The van der Waals surface area contributed by atoms with E-state index in [0.29, 0.717) is 0 Å². The largest absolute Gasteiger partial charge is 4.00 e. The zero-order valence-electron chi connectivity index (χ0n) is 15.0. The Kier molecular flexibility index (Phi) is 9.38. The Bertz CT molecular complexity index is 1010. The van der Waals surface area contributed by atoms with Crippen LogP contribution in [0.5, 0.6) is 0 Å². The van der Waals surface area contributed by atoms with Crippen molar-refractivity contribution < 1.29 is 50.7 Å². The number of hydrogen-bond acceptors (Lipinski definition) is 0. The molecular formula is C23H19Cl2HfN. The van der Waals surface area contributed by atoms with E-state index in [4.69, 9.17) is 0 Å². The number of rotatable bonds is 1. The van der Waals surface area contributed by atoms with Crippen molar-refractivity contribution in [2.45, 2.75) is 13.3 Å². The molecule has 1 heterocycles. The fourth-order valence-electron chi connectivity index (χ4n) is 3.24. The SMILES string of the molecule is Cc1cc2ccccc2n1-c1cc2ccccc2[cH-]1.[C-]1=CC=CC1.[Cl-].[Cl-].[Hf+4]. The van der Waals surface area contributed by atoms with Crippen LogP contribution in [0, 0.1) is 13.0 Å². The van der Waals surface area contributed by atoms with E-state index >= 15 is 0 Å². The Hall–Kier alpha value is -1.48. The van der Waals surface area contributed by atoms with Crippen LogP contribution in [0.15, 0.2) is 85.0 Å². The predicted octanol–water partition coefficient (Wildman–Crippen LogP) is 0.122. The minimum absolute atomic E-state index is 0. The molecule has 0 unspecified atom stereocenters. The Balaban J connectivity index is 0.000000402. The summed E-state index contributed by atoms with van der Waals surface area (Å²) in [6, 6.07) is 23.8. The van der Waals surface area contributed by atoms with E-state index in [2.05, 4.69) is 90.4 Å². The molecule has 3 aromatic carbocycles. The van der Waals surface area contributed by atoms with Crippen LogP contribution in [0.25, 0.3) is 27.4 Å². The smallest absolute Gasteiger partial charge is 1.00 e. The van der Waals surface area contributed by atoms with Gasteiger partial charge in [-0.2, -0.15) is 6.08 Å². The van der Waals surface area contributed by atoms with Crippen molar-refractivity contribution in [3.8, 4) is 5.69 Å². The molecule has 4 aromatic rings. The van der Waals surface area contributed by atoms with Crippen molar-refractivity contribution in [1.29, 1.82) is 0 Å². The van der Waals surface area contributed by atoms with Crippen molar-refractivity contribution in [3.63, 3.8) is 0 Å². The molecule has 27 heavy (non-hydrogen) atoms. The summed E-state index contributed by atoms with van der Waals surface area (Å²) in [5, 5.41) is 3.90. The molecule has 0 bridgehead atoms. The van der Waals surface area contributed by atoms with Gasteiger partial charge in [-0.25, -0.2) is 12.2 Å². The van der Waals surface area contributed by atoms with E-state index in [9.17, 15) is 0 Å². The van der Waals surface area contributed by atoms with Crippen LogP contribution in [0.4, 0.5) is 0 Å². The van der Waals surface area contributed by atoms with Crippen LogP contribution in [-0.2, 0) is 25.8 Å². The summed E-state index contributed by atoms with van der Waals surface area (Å²) in [6.45, 7) is 2.16. The van der Waals surface area contributed by atoms with Crippen molar-refractivity contribution in [2.24, 2.45) is 0 Å². The molecule has 1 aliphatic carbocycles. The van der Waals surface area contributed by atoms with Gasteiger partial charge in [0, 0.05) is 11.1 Å². The summed E-state index contributed by atoms with van der Waals surface area (Å²) >= 11 is 0. The molecule has 134 valence electrons. The van der Waals surface area contributed by atoms with Crippen LogP contribution in [0.2, 0.25) is 0 Å². The van der Waals surface area contributed by atoms with Gasteiger partial charge in [-0.05, 0) is 24.7 Å². The molecule has 5 rings (SSSR count). The summed E-state index contributed by atoms with van der Waals surface area (Å²) < 4.78 is 2.33. The summed E-state index contributed by atoms with van der Waals surface area (Å²) in [6.07, 6.45) is 10.0. The zero-order chi connectivity index (χ0) is 16.4. The molecular weight excluding hydrogens is 540 g/mol. The fourth-order valence-corrected chi connectivity index (χ4v) is 3.24. The van der Waals surface area contributed by atoms with Crippen molar-refractivity contribution in [1.82, 2.24) is 4.57 Å². The third-order valence-corrected chi connectivity index (χ3v) is 4.34. The molecule has 1 nitrogen and oxygen atoms in total.